The van der Waals surface area contributed by atoms with Crippen molar-refractivity contribution in [3.05, 3.63) is 218 Å². The van der Waals surface area contributed by atoms with E-state index in [2.05, 4.69) is 182 Å². The fourth-order valence-electron chi connectivity index (χ4n) is 9.25. The van der Waals surface area contributed by atoms with E-state index in [4.69, 9.17) is 24.4 Å². The van der Waals surface area contributed by atoms with Gasteiger partial charge in [0.15, 0.2) is 0 Å². The molecule has 0 atom stereocenters. The minimum atomic E-state index is 0.855. The maximum absolute atomic E-state index is 6.41. The molecule has 0 radical (unpaired) electrons. The van der Waals surface area contributed by atoms with Crippen LogP contribution in [0.15, 0.2) is 223 Å². The van der Waals surface area contributed by atoms with E-state index in [-0.39, 0.29) is 0 Å². The molecular formula is C60H36N4O. The van der Waals surface area contributed by atoms with Gasteiger partial charge in [0.2, 0.25) is 0 Å². The summed E-state index contributed by atoms with van der Waals surface area (Å²) in [6.07, 6.45) is 0. The molecule has 0 N–H and O–H groups in total. The zero-order chi connectivity index (χ0) is 42.8. The second-order valence-electron chi connectivity index (χ2n) is 16.6. The lowest BCUT2D eigenvalue weighted by Gasteiger charge is -2.10. The molecular weight excluding hydrogens is 793 g/mol. The number of hydrogen-bond acceptors (Lipinski definition) is 5. The Morgan fingerprint density at radius 1 is 0.231 bits per heavy atom. The lowest BCUT2D eigenvalue weighted by molar-refractivity contribution is 0.669. The summed E-state index contributed by atoms with van der Waals surface area (Å²) >= 11 is 0. The molecule has 65 heavy (non-hydrogen) atoms. The van der Waals surface area contributed by atoms with E-state index >= 15 is 0 Å². The van der Waals surface area contributed by atoms with Gasteiger partial charge in [-0.25, -0.2) is 19.9 Å². The highest BCUT2D eigenvalue weighted by atomic mass is 16.3. The third-order valence-electron chi connectivity index (χ3n) is 12.6. The van der Waals surface area contributed by atoms with E-state index in [1.54, 1.807) is 0 Å². The zero-order valence-electron chi connectivity index (χ0n) is 35.0. The lowest BCUT2D eigenvalue weighted by Crippen LogP contribution is -1.91. The molecule has 302 valence electrons. The van der Waals surface area contributed by atoms with Gasteiger partial charge in [0.05, 0.1) is 44.8 Å². The van der Waals surface area contributed by atoms with Crippen LogP contribution in [0.25, 0.3) is 133 Å². The zero-order valence-corrected chi connectivity index (χ0v) is 35.0. The maximum atomic E-state index is 6.41. The third kappa shape index (κ3) is 6.49. The number of benzene rings is 8. The van der Waals surface area contributed by atoms with Crippen molar-refractivity contribution in [2.24, 2.45) is 0 Å². The Hall–Kier alpha value is -8.80. The van der Waals surface area contributed by atoms with Crippen LogP contribution in [0.1, 0.15) is 0 Å². The topological polar surface area (TPSA) is 64.7 Å². The molecule has 5 heteroatoms. The van der Waals surface area contributed by atoms with E-state index in [9.17, 15) is 0 Å². The van der Waals surface area contributed by atoms with E-state index in [1.165, 1.54) is 0 Å². The second kappa shape index (κ2) is 14.9. The first kappa shape index (κ1) is 36.8. The summed E-state index contributed by atoms with van der Waals surface area (Å²) in [6.45, 7) is 0. The van der Waals surface area contributed by atoms with Crippen molar-refractivity contribution in [2.45, 2.75) is 0 Å². The van der Waals surface area contributed by atoms with Crippen molar-refractivity contribution in [1.82, 2.24) is 19.9 Å². The van der Waals surface area contributed by atoms with Gasteiger partial charge in [-0.3, -0.25) is 0 Å². The van der Waals surface area contributed by atoms with Crippen LogP contribution in [-0.4, -0.2) is 19.9 Å². The molecule has 13 aromatic rings. The van der Waals surface area contributed by atoms with Crippen molar-refractivity contribution in [3.63, 3.8) is 0 Å². The van der Waals surface area contributed by atoms with E-state index in [0.717, 1.165) is 133 Å². The molecule has 8 aromatic carbocycles. The highest BCUT2D eigenvalue weighted by molar-refractivity contribution is 6.08. The Bertz CT molecular complexity index is 3750. The summed E-state index contributed by atoms with van der Waals surface area (Å²) in [5.74, 6) is 0. The number of aromatic nitrogens is 4. The van der Waals surface area contributed by atoms with E-state index in [1.807, 2.05) is 36.4 Å². The molecule has 0 amide bonds. The SMILES string of the molecule is c1ccc(-c2ccc3ccc4ccc(-c5cccc(-c6ccc7oc8ccc(-c9cccc(-c%10ccc%11ccc%12ccc(-c%13ccccc%13)nc%12c%11n%10)c9)cc8c7c6)c5)nc4c3n2)cc1. The summed E-state index contributed by atoms with van der Waals surface area (Å²) in [7, 11) is 0. The molecule has 0 spiro atoms. The van der Waals surface area contributed by atoms with Crippen LogP contribution in [-0.2, 0) is 0 Å². The average Bonchev–Trinajstić information content (AvgIpc) is 3.76. The molecule has 5 nitrogen and oxygen atoms in total. The van der Waals surface area contributed by atoms with Crippen LogP contribution in [0.5, 0.6) is 0 Å². The van der Waals surface area contributed by atoms with E-state index < -0.39 is 0 Å². The first-order valence-electron chi connectivity index (χ1n) is 21.9. The monoisotopic (exact) mass is 828 g/mol. The minimum Gasteiger partial charge on any atom is -0.456 e. The number of rotatable bonds is 6. The third-order valence-corrected chi connectivity index (χ3v) is 12.6. The number of nitrogens with zero attached hydrogens (tertiary/aromatic N) is 4. The molecule has 5 heterocycles. The number of hydrogen-bond donors (Lipinski definition) is 0. The van der Waals surface area contributed by atoms with Crippen LogP contribution in [0.2, 0.25) is 0 Å². The van der Waals surface area contributed by atoms with Crippen molar-refractivity contribution < 1.29 is 4.42 Å². The van der Waals surface area contributed by atoms with Crippen molar-refractivity contribution in [2.75, 3.05) is 0 Å². The summed E-state index contributed by atoms with van der Waals surface area (Å²) in [5.41, 5.74) is 17.7. The molecule has 0 aliphatic rings. The fraction of sp³-hybridized carbons (Fsp3) is 0. The first-order chi connectivity index (χ1) is 32.1. The van der Waals surface area contributed by atoms with Gasteiger partial charge in [0.25, 0.3) is 0 Å². The van der Waals surface area contributed by atoms with Crippen LogP contribution >= 0.6 is 0 Å². The van der Waals surface area contributed by atoms with Gasteiger partial charge in [-0.2, -0.15) is 0 Å². The largest absolute Gasteiger partial charge is 0.456 e. The number of furan rings is 1. The Balaban J connectivity index is 0.844. The Kier molecular flexibility index (Phi) is 8.46. The maximum Gasteiger partial charge on any atom is 0.135 e. The van der Waals surface area contributed by atoms with Crippen molar-refractivity contribution >= 4 is 65.6 Å². The van der Waals surface area contributed by atoms with E-state index in [0.29, 0.717) is 0 Å². The normalized spacial score (nSPS) is 11.7. The van der Waals surface area contributed by atoms with Crippen LogP contribution in [0.3, 0.4) is 0 Å². The molecule has 0 aliphatic heterocycles. The Labute approximate surface area is 374 Å². The molecule has 5 aromatic heterocycles. The summed E-state index contributed by atoms with van der Waals surface area (Å²) in [5, 5.41) is 6.40. The van der Waals surface area contributed by atoms with Crippen LogP contribution in [0, 0.1) is 0 Å². The predicted octanol–water partition coefficient (Wildman–Crippen LogP) is 15.8. The molecule has 0 aliphatic carbocycles. The minimum absolute atomic E-state index is 0.855. The van der Waals surface area contributed by atoms with Gasteiger partial charge in [-0.05, 0) is 82.9 Å². The fourth-order valence-corrected chi connectivity index (χ4v) is 9.25. The summed E-state index contributed by atoms with van der Waals surface area (Å²) in [4.78, 5) is 20.7. The number of fused-ring (bicyclic) bond motifs is 9. The Morgan fingerprint density at radius 2 is 0.538 bits per heavy atom. The van der Waals surface area contributed by atoms with Gasteiger partial charge in [0.1, 0.15) is 11.2 Å². The average molecular weight is 829 g/mol. The highest BCUT2D eigenvalue weighted by Gasteiger charge is 2.15. The standard InChI is InChI=1S/C60H36N4O/c1-3-9-37(10-4-1)51-27-21-39-17-19-41-23-29-53(63-59(41)57(39)61-51)47-15-7-13-43(33-47)45-25-31-55-49(35-45)50-36-46(26-32-56(50)65-55)44-14-8-16-48(34-44)54-30-24-42-20-18-40-22-28-52(38-11-5-2-6-12-38)62-58(40)60(42)64-54/h1-36H. The second-order valence-corrected chi connectivity index (χ2v) is 16.6. The molecule has 0 bridgehead atoms. The summed E-state index contributed by atoms with van der Waals surface area (Å²) in [6, 6.07) is 76.3. The predicted molar refractivity (Wildman–Crippen MR) is 268 cm³/mol. The molecule has 0 unspecified atom stereocenters. The first-order valence-corrected chi connectivity index (χ1v) is 21.9. The van der Waals surface area contributed by atoms with Gasteiger partial charge in [-0.15, -0.1) is 0 Å². The van der Waals surface area contributed by atoms with Crippen LogP contribution < -0.4 is 0 Å². The number of pyridine rings is 4. The van der Waals surface area contributed by atoms with Crippen molar-refractivity contribution in [1.29, 1.82) is 0 Å². The lowest BCUT2D eigenvalue weighted by atomic mass is 9.97. The van der Waals surface area contributed by atoms with Gasteiger partial charge in [-0.1, -0.05) is 158 Å². The highest BCUT2D eigenvalue weighted by Crippen LogP contribution is 2.38. The van der Waals surface area contributed by atoms with Gasteiger partial charge in [0, 0.05) is 54.6 Å². The quantitative estimate of drug-likeness (QED) is 0.156. The van der Waals surface area contributed by atoms with Crippen molar-refractivity contribution in [3.8, 4) is 67.3 Å². The Morgan fingerprint density at radius 3 is 0.923 bits per heavy atom. The summed E-state index contributed by atoms with van der Waals surface area (Å²) < 4.78 is 6.41. The smallest absolute Gasteiger partial charge is 0.135 e. The molecule has 13 rings (SSSR count). The molecule has 0 fully saturated rings. The molecule has 0 saturated heterocycles. The van der Waals surface area contributed by atoms with Gasteiger partial charge < -0.3 is 4.42 Å². The van der Waals surface area contributed by atoms with Gasteiger partial charge >= 0.3 is 0 Å². The van der Waals surface area contributed by atoms with Crippen LogP contribution in [0.4, 0.5) is 0 Å². The molecule has 0 saturated carbocycles.